The molecule has 0 saturated heterocycles. The van der Waals surface area contributed by atoms with E-state index in [1.807, 2.05) is 45.2 Å². The van der Waals surface area contributed by atoms with Crippen LogP contribution >= 0.6 is 11.6 Å². The Labute approximate surface area is 189 Å². The lowest BCUT2D eigenvalue weighted by Crippen LogP contribution is -2.24. The first-order chi connectivity index (χ1) is 14.8. The van der Waals surface area contributed by atoms with Gasteiger partial charge in [-0.25, -0.2) is 9.79 Å². The predicted octanol–water partition coefficient (Wildman–Crippen LogP) is 4.83. The number of carbonyl (C=O) groups is 1. The van der Waals surface area contributed by atoms with Crippen molar-refractivity contribution in [3.05, 3.63) is 52.3 Å². The first-order valence-electron chi connectivity index (χ1n) is 10.4. The summed E-state index contributed by atoms with van der Waals surface area (Å²) < 4.78 is 10.8. The Morgan fingerprint density at radius 3 is 2.81 bits per heavy atom. The van der Waals surface area contributed by atoms with Crippen molar-refractivity contribution < 1.29 is 14.3 Å². The molecular weight excluding hydrogens is 416 g/mol. The lowest BCUT2D eigenvalue weighted by Gasteiger charge is -2.11. The molecule has 3 N–H and O–H groups in total. The fourth-order valence-corrected chi connectivity index (χ4v) is 3.38. The highest BCUT2D eigenvalue weighted by atomic mass is 35.5. The molecule has 1 amide bonds. The van der Waals surface area contributed by atoms with E-state index >= 15 is 0 Å². The number of hydrogen-bond donors (Lipinski definition) is 2. The highest BCUT2D eigenvalue weighted by Gasteiger charge is 2.20. The van der Waals surface area contributed by atoms with Gasteiger partial charge in [0.2, 0.25) is 0 Å². The van der Waals surface area contributed by atoms with Crippen LogP contribution < -0.4 is 15.8 Å². The van der Waals surface area contributed by atoms with Crippen molar-refractivity contribution in [1.29, 1.82) is 0 Å². The van der Waals surface area contributed by atoms with E-state index in [9.17, 15) is 4.79 Å². The molecule has 1 aromatic rings. The predicted molar refractivity (Wildman–Crippen MR) is 126 cm³/mol. The Hall–Kier alpha value is -2.80. The summed E-state index contributed by atoms with van der Waals surface area (Å²) >= 11 is 5.67. The average molecular weight is 447 g/mol. The second kappa shape index (κ2) is 12.2. The van der Waals surface area contributed by atoms with Crippen molar-refractivity contribution in [2.75, 3.05) is 13.2 Å². The summed E-state index contributed by atoms with van der Waals surface area (Å²) in [5, 5.41) is 2.90. The van der Waals surface area contributed by atoms with Gasteiger partial charge in [-0.3, -0.25) is 4.99 Å². The quantitative estimate of drug-likeness (QED) is 0.220. The number of amidine groups is 1. The number of ether oxygens (including phenoxy) is 2. The lowest BCUT2D eigenvalue weighted by atomic mass is 9.96. The molecule has 168 valence electrons. The van der Waals surface area contributed by atoms with Crippen molar-refractivity contribution in [3.8, 4) is 5.75 Å². The van der Waals surface area contributed by atoms with Crippen LogP contribution in [0.3, 0.4) is 0 Å². The number of carbonyl (C=O) groups excluding carboxylic acids is 1. The van der Waals surface area contributed by atoms with Crippen molar-refractivity contribution in [2.45, 2.75) is 46.6 Å². The van der Waals surface area contributed by atoms with Crippen LogP contribution in [0.15, 0.2) is 51.2 Å². The molecule has 8 heteroatoms. The second-order valence-corrected chi connectivity index (χ2v) is 7.74. The standard InChI is InChI=1S/C23H31ClN4O3/c1-5-30-20-10-9-18(12-15(20)2)13-27-23(29)31-11-7-6-8-19-14-26-21(16(19)3)22(25)28-17(4)24/h9-10,12,14,19H,4-8,11,13H2,1-3H3,(H2,25,28)(H,27,29). The van der Waals surface area contributed by atoms with Gasteiger partial charge in [-0.2, -0.15) is 0 Å². The van der Waals surface area contributed by atoms with Crippen LogP contribution in [-0.2, 0) is 11.3 Å². The van der Waals surface area contributed by atoms with E-state index in [1.54, 1.807) is 0 Å². The Morgan fingerprint density at radius 1 is 1.35 bits per heavy atom. The molecular formula is C23H31ClN4O3. The van der Waals surface area contributed by atoms with Crippen LogP contribution in [-0.4, -0.2) is 31.4 Å². The zero-order chi connectivity index (χ0) is 22.8. The first kappa shape index (κ1) is 24.5. The Morgan fingerprint density at radius 2 is 2.13 bits per heavy atom. The molecule has 0 aromatic heterocycles. The van der Waals surface area contributed by atoms with E-state index < -0.39 is 6.09 Å². The summed E-state index contributed by atoms with van der Waals surface area (Å²) in [6, 6.07) is 5.85. The molecule has 31 heavy (non-hydrogen) atoms. The van der Waals surface area contributed by atoms with Crippen molar-refractivity contribution in [3.63, 3.8) is 0 Å². The van der Waals surface area contributed by atoms with Crippen molar-refractivity contribution in [1.82, 2.24) is 5.32 Å². The number of alkyl carbamates (subject to hydrolysis) is 1. The highest BCUT2D eigenvalue weighted by Crippen LogP contribution is 2.26. The largest absolute Gasteiger partial charge is 0.494 e. The van der Waals surface area contributed by atoms with Gasteiger partial charge in [-0.05, 0) is 62.8 Å². The molecule has 0 radical (unpaired) electrons. The maximum Gasteiger partial charge on any atom is 0.407 e. The minimum Gasteiger partial charge on any atom is -0.494 e. The minimum absolute atomic E-state index is 0.129. The fraction of sp³-hybridized carbons (Fsp3) is 0.435. The highest BCUT2D eigenvalue weighted by molar-refractivity contribution is 6.30. The van der Waals surface area contributed by atoms with E-state index in [0.29, 0.717) is 25.5 Å². The summed E-state index contributed by atoms with van der Waals surface area (Å²) in [6.07, 6.45) is 4.01. The lowest BCUT2D eigenvalue weighted by molar-refractivity contribution is 0.143. The summed E-state index contributed by atoms with van der Waals surface area (Å²) in [5.41, 5.74) is 9.66. The minimum atomic E-state index is -0.419. The molecule has 0 aliphatic carbocycles. The third-order valence-corrected chi connectivity index (χ3v) is 5.00. The van der Waals surface area contributed by atoms with Gasteiger partial charge in [0, 0.05) is 18.7 Å². The number of rotatable bonds is 11. The van der Waals surface area contributed by atoms with Gasteiger partial charge in [-0.15, -0.1) is 0 Å². The third-order valence-electron chi connectivity index (χ3n) is 4.92. The fourth-order valence-electron chi connectivity index (χ4n) is 3.29. The third kappa shape index (κ3) is 7.75. The molecule has 0 spiro atoms. The van der Waals surface area contributed by atoms with Crippen molar-refractivity contribution >= 4 is 29.7 Å². The molecule has 2 rings (SSSR count). The number of nitrogens with two attached hydrogens (primary N) is 1. The topological polar surface area (TPSA) is 98.3 Å². The van der Waals surface area contributed by atoms with E-state index in [2.05, 4.69) is 21.9 Å². The zero-order valence-electron chi connectivity index (χ0n) is 18.4. The smallest absolute Gasteiger partial charge is 0.407 e. The number of halogens is 1. The van der Waals surface area contributed by atoms with Crippen molar-refractivity contribution in [2.24, 2.45) is 21.6 Å². The van der Waals surface area contributed by atoms with Gasteiger partial charge in [0.1, 0.15) is 16.6 Å². The zero-order valence-corrected chi connectivity index (χ0v) is 19.2. The molecule has 1 aliphatic rings. The molecule has 0 saturated carbocycles. The molecule has 1 aliphatic heterocycles. The van der Waals surface area contributed by atoms with Gasteiger partial charge in [0.15, 0.2) is 5.84 Å². The van der Waals surface area contributed by atoms with E-state index in [0.717, 1.165) is 41.7 Å². The number of nitrogens with one attached hydrogen (secondary N) is 1. The number of hydrogen-bond acceptors (Lipinski definition) is 5. The van der Waals surface area contributed by atoms with Crippen LogP contribution in [0.1, 0.15) is 44.2 Å². The monoisotopic (exact) mass is 446 g/mol. The number of aliphatic imine (C=N–C) groups is 2. The first-order valence-corrected chi connectivity index (χ1v) is 10.8. The molecule has 0 fully saturated rings. The Balaban J connectivity index is 1.66. The second-order valence-electron chi connectivity index (χ2n) is 7.31. The molecule has 1 aromatic carbocycles. The molecule has 1 atom stereocenters. The van der Waals surface area contributed by atoms with Gasteiger partial charge < -0.3 is 20.5 Å². The molecule has 1 heterocycles. The van der Waals surface area contributed by atoms with E-state index in [1.165, 1.54) is 0 Å². The number of unbranched alkanes of at least 4 members (excludes halogenated alkanes) is 1. The van der Waals surface area contributed by atoms with Crippen LogP contribution in [0.4, 0.5) is 4.79 Å². The summed E-state index contributed by atoms with van der Waals surface area (Å²) in [4.78, 5) is 20.2. The maximum absolute atomic E-state index is 11.9. The van der Waals surface area contributed by atoms with Gasteiger partial charge in [0.05, 0.1) is 13.2 Å². The van der Waals surface area contributed by atoms with Crippen LogP contribution in [0, 0.1) is 12.8 Å². The number of aryl methyl sites for hydroxylation is 1. The number of allylic oxidation sites excluding steroid dienone is 1. The number of nitrogens with zero attached hydrogens (tertiary/aromatic N) is 2. The van der Waals surface area contributed by atoms with Crippen LogP contribution in [0.5, 0.6) is 5.75 Å². The van der Waals surface area contributed by atoms with E-state index in [-0.39, 0.29) is 16.9 Å². The average Bonchev–Trinajstić information content (AvgIpc) is 3.08. The summed E-state index contributed by atoms with van der Waals surface area (Å²) in [6.45, 7) is 10.8. The van der Waals surface area contributed by atoms with E-state index in [4.69, 9.17) is 26.8 Å². The van der Waals surface area contributed by atoms with Crippen LogP contribution in [0.2, 0.25) is 0 Å². The Kier molecular flexibility index (Phi) is 9.59. The number of amides is 1. The molecule has 0 bridgehead atoms. The Bertz CT molecular complexity index is 893. The normalized spacial score (nSPS) is 15.9. The number of benzene rings is 1. The summed E-state index contributed by atoms with van der Waals surface area (Å²) in [7, 11) is 0. The molecule has 7 nitrogen and oxygen atoms in total. The maximum atomic E-state index is 11.9. The summed E-state index contributed by atoms with van der Waals surface area (Å²) in [5.74, 6) is 1.33. The SMILES string of the molecule is C=C(Cl)/N=C(/N)C1=C(C)C(CCCCOC(=O)NCc2ccc(OCC)c(C)c2)C=N1. The van der Waals surface area contributed by atoms with Gasteiger partial charge in [0.25, 0.3) is 0 Å². The van der Waals surface area contributed by atoms with Crippen LogP contribution in [0.25, 0.3) is 0 Å². The molecule has 1 unspecified atom stereocenters. The van der Waals surface area contributed by atoms with Gasteiger partial charge in [-0.1, -0.05) is 30.3 Å². The van der Waals surface area contributed by atoms with Gasteiger partial charge >= 0.3 is 6.09 Å².